The second-order valence-corrected chi connectivity index (χ2v) is 6.40. The molecule has 0 amide bonds. The number of benzene rings is 2. The molecule has 27 heavy (non-hydrogen) atoms. The molecule has 2 aromatic carbocycles. The zero-order chi connectivity index (χ0) is 19.4. The Morgan fingerprint density at radius 3 is 2.52 bits per heavy atom. The van der Waals surface area contributed by atoms with Crippen molar-refractivity contribution >= 4 is 40.7 Å². The Kier molecular flexibility index (Phi) is 5.57. The molecule has 0 aliphatic carbocycles. The molecule has 7 heteroatoms. The van der Waals surface area contributed by atoms with Crippen molar-refractivity contribution in [3.63, 3.8) is 0 Å². The molecule has 1 heterocycles. The van der Waals surface area contributed by atoms with Crippen molar-refractivity contribution < 1.29 is 9.53 Å². The molecule has 0 atom stereocenters. The number of esters is 1. The van der Waals surface area contributed by atoms with Crippen LogP contribution in [0.15, 0.2) is 48.5 Å². The van der Waals surface area contributed by atoms with Gasteiger partial charge in [0.15, 0.2) is 0 Å². The fourth-order valence-corrected chi connectivity index (χ4v) is 2.82. The molecule has 0 saturated heterocycles. The van der Waals surface area contributed by atoms with E-state index in [2.05, 4.69) is 20.6 Å². The number of carbonyl (C=O) groups excluding carboxylic acids is 1. The third-order valence-corrected chi connectivity index (χ3v) is 4.12. The highest BCUT2D eigenvalue weighted by Crippen LogP contribution is 2.25. The fraction of sp³-hybridized carbons (Fsp3) is 0.150. The molecular weight excluding hydrogens is 364 g/mol. The molecule has 2 N–H and O–H groups in total. The van der Waals surface area contributed by atoms with Gasteiger partial charge in [0, 0.05) is 22.5 Å². The summed E-state index contributed by atoms with van der Waals surface area (Å²) >= 11 is 6.01. The van der Waals surface area contributed by atoms with Gasteiger partial charge < -0.3 is 15.4 Å². The van der Waals surface area contributed by atoms with Crippen LogP contribution in [0.2, 0.25) is 5.02 Å². The lowest BCUT2D eigenvalue weighted by molar-refractivity contribution is 0.0602. The maximum atomic E-state index is 11.9. The quantitative estimate of drug-likeness (QED) is 0.603. The van der Waals surface area contributed by atoms with Gasteiger partial charge in [-0.25, -0.2) is 9.78 Å². The predicted octanol–water partition coefficient (Wildman–Crippen LogP) is 5.02. The van der Waals surface area contributed by atoms with Gasteiger partial charge in [0.1, 0.15) is 5.82 Å². The summed E-state index contributed by atoms with van der Waals surface area (Å²) in [6.07, 6.45) is 0. The van der Waals surface area contributed by atoms with Crippen LogP contribution in [0, 0.1) is 13.8 Å². The second kappa shape index (κ2) is 8.05. The Labute approximate surface area is 162 Å². The number of ether oxygens (including phenoxy) is 1. The van der Waals surface area contributed by atoms with E-state index in [4.69, 9.17) is 16.3 Å². The summed E-state index contributed by atoms with van der Waals surface area (Å²) in [4.78, 5) is 20.9. The molecule has 1 aromatic heterocycles. The topological polar surface area (TPSA) is 76.1 Å². The van der Waals surface area contributed by atoms with E-state index in [1.165, 1.54) is 7.11 Å². The minimum absolute atomic E-state index is 0.418. The average molecular weight is 383 g/mol. The second-order valence-electron chi connectivity index (χ2n) is 5.96. The molecule has 6 nitrogen and oxygen atoms in total. The van der Waals surface area contributed by atoms with Crippen molar-refractivity contribution in [3.05, 3.63) is 70.4 Å². The minimum Gasteiger partial charge on any atom is -0.465 e. The van der Waals surface area contributed by atoms with Crippen LogP contribution in [0.4, 0.5) is 23.1 Å². The summed E-state index contributed by atoms with van der Waals surface area (Å²) in [6, 6.07) is 14.4. The van der Waals surface area contributed by atoms with Crippen LogP contribution in [-0.4, -0.2) is 23.0 Å². The van der Waals surface area contributed by atoms with Crippen LogP contribution < -0.4 is 10.6 Å². The maximum Gasteiger partial charge on any atom is 0.339 e. The normalized spacial score (nSPS) is 10.4. The van der Waals surface area contributed by atoms with Crippen LogP contribution >= 0.6 is 11.6 Å². The first-order chi connectivity index (χ1) is 13.0. The highest BCUT2D eigenvalue weighted by molar-refractivity contribution is 6.30. The van der Waals surface area contributed by atoms with Crippen LogP contribution in [0.1, 0.15) is 21.6 Å². The van der Waals surface area contributed by atoms with Gasteiger partial charge in [-0.3, -0.25) is 0 Å². The third-order valence-electron chi connectivity index (χ3n) is 3.88. The fourth-order valence-electron chi connectivity index (χ4n) is 2.59. The molecule has 0 unspecified atom stereocenters. The van der Waals surface area contributed by atoms with Crippen molar-refractivity contribution in [1.29, 1.82) is 0 Å². The number of aromatic nitrogens is 2. The van der Waals surface area contributed by atoms with Gasteiger partial charge in [-0.2, -0.15) is 4.98 Å². The van der Waals surface area contributed by atoms with E-state index in [0.29, 0.717) is 28.0 Å². The number of aryl methyl sites for hydroxylation is 2. The van der Waals surface area contributed by atoms with E-state index in [-0.39, 0.29) is 0 Å². The lowest BCUT2D eigenvalue weighted by Gasteiger charge is -2.13. The van der Waals surface area contributed by atoms with E-state index < -0.39 is 5.97 Å². The predicted molar refractivity (Wildman–Crippen MR) is 107 cm³/mol. The van der Waals surface area contributed by atoms with Gasteiger partial charge in [0.25, 0.3) is 0 Å². The number of hydrogen-bond acceptors (Lipinski definition) is 6. The number of hydrogen-bond donors (Lipinski definition) is 2. The summed E-state index contributed by atoms with van der Waals surface area (Å²) < 4.78 is 4.83. The van der Waals surface area contributed by atoms with E-state index in [0.717, 1.165) is 16.9 Å². The van der Waals surface area contributed by atoms with E-state index in [9.17, 15) is 4.79 Å². The Bertz CT molecular complexity index is 991. The molecule has 0 fully saturated rings. The lowest BCUT2D eigenvalue weighted by atomic mass is 10.2. The number of carbonyl (C=O) groups is 1. The van der Waals surface area contributed by atoms with Gasteiger partial charge in [0.2, 0.25) is 5.95 Å². The Morgan fingerprint density at radius 2 is 1.78 bits per heavy atom. The van der Waals surface area contributed by atoms with E-state index in [1.807, 2.05) is 32.0 Å². The summed E-state index contributed by atoms with van der Waals surface area (Å²) in [6.45, 7) is 3.83. The lowest BCUT2D eigenvalue weighted by Crippen LogP contribution is -2.07. The third kappa shape index (κ3) is 4.54. The number of anilines is 4. The molecule has 0 aliphatic heterocycles. The van der Waals surface area contributed by atoms with Gasteiger partial charge in [-0.1, -0.05) is 23.7 Å². The first-order valence-electron chi connectivity index (χ1n) is 8.29. The van der Waals surface area contributed by atoms with Crippen molar-refractivity contribution in [1.82, 2.24) is 9.97 Å². The zero-order valence-corrected chi connectivity index (χ0v) is 16.0. The first kappa shape index (κ1) is 18.7. The first-order valence-corrected chi connectivity index (χ1v) is 8.67. The number of rotatable bonds is 5. The average Bonchev–Trinajstić information content (AvgIpc) is 2.63. The van der Waals surface area contributed by atoms with Crippen LogP contribution in [0.5, 0.6) is 0 Å². The van der Waals surface area contributed by atoms with Gasteiger partial charge in [-0.15, -0.1) is 0 Å². The largest absolute Gasteiger partial charge is 0.465 e. The SMILES string of the molecule is COC(=O)c1ccccc1Nc1cc(C)nc(Nc2ccc(Cl)cc2C)n1. The molecule has 3 aromatic rings. The number of para-hydroxylation sites is 1. The smallest absolute Gasteiger partial charge is 0.339 e. The summed E-state index contributed by atoms with van der Waals surface area (Å²) in [5.41, 5.74) is 3.66. The van der Waals surface area contributed by atoms with Crippen molar-refractivity contribution in [2.75, 3.05) is 17.7 Å². The van der Waals surface area contributed by atoms with Crippen LogP contribution in [0.25, 0.3) is 0 Å². The highest BCUT2D eigenvalue weighted by atomic mass is 35.5. The van der Waals surface area contributed by atoms with Crippen molar-refractivity contribution in [2.24, 2.45) is 0 Å². The van der Waals surface area contributed by atoms with E-state index >= 15 is 0 Å². The number of methoxy groups -OCH3 is 1. The number of halogens is 1. The number of nitrogens with one attached hydrogen (secondary N) is 2. The Balaban J connectivity index is 1.89. The van der Waals surface area contributed by atoms with Gasteiger partial charge in [-0.05, 0) is 49.7 Å². The number of nitrogens with zero attached hydrogens (tertiary/aromatic N) is 2. The molecule has 0 aliphatic rings. The highest BCUT2D eigenvalue weighted by Gasteiger charge is 2.12. The maximum absolute atomic E-state index is 11.9. The zero-order valence-electron chi connectivity index (χ0n) is 15.2. The summed E-state index contributed by atoms with van der Waals surface area (Å²) in [5, 5.41) is 7.04. The molecule has 0 saturated carbocycles. The monoisotopic (exact) mass is 382 g/mol. The van der Waals surface area contributed by atoms with Crippen molar-refractivity contribution in [2.45, 2.75) is 13.8 Å². The van der Waals surface area contributed by atoms with Crippen LogP contribution in [-0.2, 0) is 4.74 Å². The molecule has 0 radical (unpaired) electrons. The van der Waals surface area contributed by atoms with Gasteiger partial charge >= 0.3 is 5.97 Å². The standard InChI is InChI=1S/C20H19ClN4O2/c1-12-10-14(21)8-9-16(12)24-20-22-13(2)11-18(25-20)23-17-7-5-4-6-15(17)19(26)27-3/h4-11H,1-3H3,(H2,22,23,24,25). The molecule has 0 bridgehead atoms. The Hall–Kier alpha value is -3.12. The van der Waals surface area contributed by atoms with E-state index in [1.54, 1.807) is 30.3 Å². The molecule has 138 valence electrons. The van der Waals surface area contributed by atoms with Gasteiger partial charge in [0.05, 0.1) is 18.4 Å². The summed E-state index contributed by atoms with van der Waals surface area (Å²) in [7, 11) is 1.35. The molecule has 3 rings (SSSR count). The van der Waals surface area contributed by atoms with Crippen LogP contribution in [0.3, 0.4) is 0 Å². The minimum atomic E-state index is -0.418. The molecular formula is C20H19ClN4O2. The Morgan fingerprint density at radius 1 is 1.00 bits per heavy atom. The molecule has 0 spiro atoms. The van der Waals surface area contributed by atoms with Crippen molar-refractivity contribution in [3.8, 4) is 0 Å². The summed E-state index contributed by atoms with van der Waals surface area (Å²) in [5.74, 6) is 0.588.